The van der Waals surface area contributed by atoms with Crippen molar-refractivity contribution in [2.75, 3.05) is 5.32 Å². The zero-order chi connectivity index (χ0) is 30.2. The minimum Gasteiger partial charge on any atom is -0.355 e. The first-order valence-corrected chi connectivity index (χ1v) is 15.9. The van der Waals surface area contributed by atoms with Gasteiger partial charge >= 0.3 is 0 Å². The first-order chi connectivity index (χ1) is 22.1. The van der Waals surface area contributed by atoms with Crippen LogP contribution in [-0.4, -0.2) is 0 Å². The Kier molecular flexibility index (Phi) is 5.53. The summed E-state index contributed by atoms with van der Waals surface area (Å²) in [5.74, 6) is 0. The zero-order valence-electron chi connectivity index (χ0n) is 25.5. The normalized spacial score (nSPS) is 16.9. The molecule has 0 spiro atoms. The maximum atomic E-state index is 3.89. The third-order valence-electron chi connectivity index (χ3n) is 10.3. The van der Waals surface area contributed by atoms with Gasteiger partial charge in [-0.15, -0.1) is 0 Å². The van der Waals surface area contributed by atoms with Crippen LogP contribution in [0.4, 0.5) is 11.4 Å². The molecule has 7 aromatic rings. The maximum Gasteiger partial charge on any atom is 0.0713 e. The van der Waals surface area contributed by atoms with Crippen molar-refractivity contribution >= 4 is 22.1 Å². The van der Waals surface area contributed by atoms with Crippen molar-refractivity contribution in [3.63, 3.8) is 0 Å². The van der Waals surface area contributed by atoms with Crippen molar-refractivity contribution in [1.82, 2.24) is 0 Å². The van der Waals surface area contributed by atoms with Crippen molar-refractivity contribution < 1.29 is 0 Å². The summed E-state index contributed by atoms with van der Waals surface area (Å²) in [6.45, 7) is 4.69. The molecular formula is C44H33N. The molecular weight excluding hydrogens is 542 g/mol. The number of hydrogen-bond donors (Lipinski definition) is 1. The average molecular weight is 576 g/mol. The summed E-state index contributed by atoms with van der Waals surface area (Å²) in [5, 5.41) is 6.41. The summed E-state index contributed by atoms with van der Waals surface area (Å²) in [7, 11) is 0. The fraction of sp³-hybridized carbons (Fsp3) is 0.0909. The first kappa shape index (κ1) is 26.0. The van der Waals surface area contributed by atoms with Crippen LogP contribution in [0.1, 0.15) is 47.2 Å². The average Bonchev–Trinajstić information content (AvgIpc) is 3.51. The van der Waals surface area contributed by atoms with E-state index in [1.807, 2.05) is 0 Å². The minimum atomic E-state index is -0.423. The highest BCUT2D eigenvalue weighted by Crippen LogP contribution is 2.57. The first-order valence-electron chi connectivity index (χ1n) is 15.9. The molecule has 0 aliphatic heterocycles. The largest absolute Gasteiger partial charge is 0.355 e. The third-order valence-corrected chi connectivity index (χ3v) is 10.3. The molecule has 7 aromatic carbocycles. The Hall–Kier alpha value is -5.40. The van der Waals surface area contributed by atoms with E-state index in [1.165, 1.54) is 72.1 Å². The number of rotatable bonds is 4. The number of benzene rings is 7. The lowest BCUT2D eigenvalue weighted by atomic mass is 9.67. The molecule has 45 heavy (non-hydrogen) atoms. The van der Waals surface area contributed by atoms with Gasteiger partial charge < -0.3 is 5.32 Å². The van der Waals surface area contributed by atoms with Crippen LogP contribution in [0.15, 0.2) is 158 Å². The van der Waals surface area contributed by atoms with E-state index in [1.54, 1.807) is 0 Å². The Bertz CT molecular complexity index is 2280. The second-order valence-corrected chi connectivity index (χ2v) is 13.0. The lowest BCUT2D eigenvalue weighted by molar-refractivity contribution is 0.662. The number of nitrogens with one attached hydrogen (secondary N) is 1. The van der Waals surface area contributed by atoms with Crippen LogP contribution >= 0.6 is 0 Å². The van der Waals surface area contributed by atoms with E-state index in [4.69, 9.17) is 0 Å². The zero-order valence-corrected chi connectivity index (χ0v) is 25.5. The Morgan fingerprint density at radius 1 is 0.422 bits per heavy atom. The van der Waals surface area contributed by atoms with Gasteiger partial charge in [0.2, 0.25) is 0 Å². The second-order valence-electron chi connectivity index (χ2n) is 13.0. The van der Waals surface area contributed by atoms with E-state index in [2.05, 4.69) is 177 Å². The van der Waals surface area contributed by atoms with Crippen molar-refractivity contribution in [2.45, 2.75) is 24.7 Å². The van der Waals surface area contributed by atoms with E-state index < -0.39 is 5.41 Å². The van der Waals surface area contributed by atoms with Crippen LogP contribution in [0.25, 0.3) is 33.0 Å². The number of anilines is 2. The molecule has 2 aliphatic carbocycles. The van der Waals surface area contributed by atoms with Crippen LogP contribution in [0.2, 0.25) is 0 Å². The summed E-state index contributed by atoms with van der Waals surface area (Å²) < 4.78 is 0. The van der Waals surface area contributed by atoms with Crippen LogP contribution < -0.4 is 5.32 Å². The molecule has 1 atom stereocenters. The van der Waals surface area contributed by atoms with Gasteiger partial charge in [-0.25, -0.2) is 0 Å². The van der Waals surface area contributed by atoms with Crippen LogP contribution in [0.5, 0.6) is 0 Å². The smallest absolute Gasteiger partial charge is 0.0713 e. The van der Waals surface area contributed by atoms with E-state index in [0.29, 0.717) is 0 Å². The van der Waals surface area contributed by atoms with Gasteiger partial charge in [-0.2, -0.15) is 0 Å². The van der Waals surface area contributed by atoms with E-state index in [0.717, 1.165) is 5.69 Å². The topological polar surface area (TPSA) is 12.0 Å². The van der Waals surface area contributed by atoms with Crippen molar-refractivity contribution in [1.29, 1.82) is 0 Å². The SMILES string of the molecule is CC1(C)c2ccccc2-c2cccc(Nc3ccc4c(c3)-c3ccccc3C4(c3ccccc3)c3ccc4ccccc4c3)c21. The Morgan fingerprint density at radius 3 is 1.89 bits per heavy atom. The van der Waals surface area contributed by atoms with Crippen molar-refractivity contribution in [2.24, 2.45) is 0 Å². The van der Waals surface area contributed by atoms with Crippen LogP contribution in [-0.2, 0) is 10.8 Å². The Balaban J connectivity index is 1.24. The van der Waals surface area contributed by atoms with Gasteiger partial charge in [0, 0.05) is 16.8 Å². The van der Waals surface area contributed by atoms with Gasteiger partial charge in [0.05, 0.1) is 5.41 Å². The highest BCUT2D eigenvalue weighted by molar-refractivity contribution is 5.92. The highest BCUT2D eigenvalue weighted by atomic mass is 14.9. The third kappa shape index (κ3) is 3.61. The molecule has 0 aromatic heterocycles. The molecule has 0 fully saturated rings. The van der Waals surface area contributed by atoms with Gasteiger partial charge in [-0.1, -0.05) is 147 Å². The predicted octanol–water partition coefficient (Wildman–Crippen LogP) is 11.3. The van der Waals surface area contributed by atoms with E-state index in [-0.39, 0.29) is 5.41 Å². The van der Waals surface area contributed by atoms with Crippen molar-refractivity contribution in [3.05, 3.63) is 191 Å². The molecule has 214 valence electrons. The number of fused-ring (bicyclic) bond motifs is 7. The standard InChI is InChI=1S/C44H33N/c1-43(2)38-20-10-8-17-34(38)36-19-12-22-41(42(36)43)45-33-25-26-40-37(28-33)35-18-9-11-21-39(35)44(40,31-15-4-3-5-16-31)32-24-23-29-13-6-7-14-30(29)27-32/h3-28,45H,1-2H3. The fourth-order valence-electron chi connectivity index (χ4n) is 8.37. The predicted molar refractivity (Wildman–Crippen MR) is 189 cm³/mol. The quantitative estimate of drug-likeness (QED) is 0.220. The molecule has 2 aliphatic rings. The van der Waals surface area contributed by atoms with Crippen LogP contribution in [0, 0.1) is 0 Å². The molecule has 0 heterocycles. The monoisotopic (exact) mass is 575 g/mol. The molecule has 0 bridgehead atoms. The van der Waals surface area contributed by atoms with Gasteiger partial charge in [0.25, 0.3) is 0 Å². The Labute approximate surface area is 264 Å². The van der Waals surface area contributed by atoms with Crippen LogP contribution in [0.3, 0.4) is 0 Å². The molecule has 1 nitrogen and oxygen atoms in total. The molecule has 1 N–H and O–H groups in total. The van der Waals surface area contributed by atoms with Gasteiger partial charge in [-0.05, 0) is 90.7 Å². The van der Waals surface area contributed by atoms with Crippen molar-refractivity contribution in [3.8, 4) is 22.3 Å². The second kappa shape index (κ2) is 9.55. The van der Waals surface area contributed by atoms with E-state index >= 15 is 0 Å². The van der Waals surface area contributed by atoms with Gasteiger partial charge in [0.15, 0.2) is 0 Å². The van der Waals surface area contributed by atoms with Gasteiger partial charge in [-0.3, -0.25) is 0 Å². The molecule has 0 saturated carbocycles. The summed E-state index contributed by atoms with van der Waals surface area (Å²) in [4.78, 5) is 0. The lowest BCUT2D eigenvalue weighted by Gasteiger charge is -2.34. The highest BCUT2D eigenvalue weighted by Gasteiger charge is 2.46. The Morgan fingerprint density at radius 2 is 1.07 bits per heavy atom. The molecule has 1 heteroatoms. The van der Waals surface area contributed by atoms with Gasteiger partial charge in [0.1, 0.15) is 0 Å². The molecule has 1 unspecified atom stereocenters. The summed E-state index contributed by atoms with van der Waals surface area (Å²) in [6, 6.07) is 58.3. The van der Waals surface area contributed by atoms with E-state index in [9.17, 15) is 0 Å². The molecule has 0 amide bonds. The fourth-order valence-corrected chi connectivity index (χ4v) is 8.37. The lowest BCUT2D eigenvalue weighted by Crippen LogP contribution is -2.28. The summed E-state index contributed by atoms with van der Waals surface area (Å²) in [5.41, 5.74) is 15.0. The molecule has 0 saturated heterocycles. The number of hydrogen-bond acceptors (Lipinski definition) is 1. The minimum absolute atomic E-state index is 0.0859. The summed E-state index contributed by atoms with van der Waals surface area (Å²) >= 11 is 0. The molecule has 0 radical (unpaired) electrons. The summed E-state index contributed by atoms with van der Waals surface area (Å²) in [6.07, 6.45) is 0. The maximum absolute atomic E-state index is 3.89. The molecule has 9 rings (SSSR count).